The molecule has 2 N–H and O–H groups in total. The first-order valence-corrected chi connectivity index (χ1v) is 14.9. The standard InChI is InChI=1S/C30H55NO6/c1-2-3-4-5-6-7-8-9-10-11-12-13-14-15-16-17-18-19-20-21-22-23-24-31(25-28(32)33,26-29(34)35)27-30(36)37/h7-8H,2-6,9-27H2,1H3,(H2-,32,33,34,35,36,37)/b8-7+. The Balaban J connectivity index is 3.64. The van der Waals surface area contributed by atoms with Gasteiger partial charge in [-0.15, -0.1) is 0 Å². The van der Waals surface area contributed by atoms with Crippen LogP contribution in [0.1, 0.15) is 135 Å². The van der Waals surface area contributed by atoms with Gasteiger partial charge < -0.3 is 24.6 Å². The van der Waals surface area contributed by atoms with Crippen molar-refractivity contribution >= 4 is 17.9 Å². The molecule has 0 spiro atoms. The van der Waals surface area contributed by atoms with E-state index in [1.54, 1.807) is 0 Å². The molecule has 7 heteroatoms. The molecule has 0 fully saturated rings. The number of carboxylic acids is 3. The van der Waals surface area contributed by atoms with Crippen LogP contribution in [-0.2, 0) is 14.4 Å². The van der Waals surface area contributed by atoms with Gasteiger partial charge in [-0.1, -0.05) is 109 Å². The highest BCUT2D eigenvalue weighted by Crippen LogP contribution is 2.15. The lowest BCUT2D eigenvalue weighted by molar-refractivity contribution is -0.909. The van der Waals surface area contributed by atoms with Gasteiger partial charge in [0.25, 0.3) is 0 Å². The fourth-order valence-electron chi connectivity index (χ4n) is 5.01. The molecule has 0 aliphatic heterocycles. The van der Waals surface area contributed by atoms with Gasteiger partial charge in [-0.2, -0.15) is 0 Å². The zero-order valence-electron chi connectivity index (χ0n) is 23.6. The minimum absolute atomic E-state index is 0.225. The number of hydrogen-bond donors (Lipinski definition) is 2. The van der Waals surface area contributed by atoms with Gasteiger partial charge in [0.2, 0.25) is 0 Å². The third-order valence-electron chi connectivity index (χ3n) is 7.05. The van der Waals surface area contributed by atoms with Crippen LogP contribution in [0.5, 0.6) is 0 Å². The van der Waals surface area contributed by atoms with Crippen LogP contribution in [0.25, 0.3) is 0 Å². The summed E-state index contributed by atoms with van der Waals surface area (Å²) in [6.45, 7) is 0.855. The van der Waals surface area contributed by atoms with Crippen LogP contribution < -0.4 is 5.11 Å². The summed E-state index contributed by atoms with van der Waals surface area (Å²) in [5, 5.41) is 29.3. The van der Waals surface area contributed by atoms with Crippen molar-refractivity contribution in [1.29, 1.82) is 0 Å². The molecule has 0 saturated carbocycles. The predicted octanol–water partition coefficient (Wildman–Crippen LogP) is 6.10. The molecule has 0 rings (SSSR count). The Bertz CT molecular complexity index is 578. The summed E-state index contributed by atoms with van der Waals surface area (Å²) in [7, 11) is 0. The normalized spacial score (nSPS) is 11.8. The SMILES string of the molecule is CCCCCC/C=C/CCCCCCCCCCCCCCCC[N+](CC(=O)[O-])(CC(=O)O)CC(=O)O. The monoisotopic (exact) mass is 525 g/mol. The van der Waals surface area contributed by atoms with Crippen LogP contribution >= 0.6 is 0 Å². The number of carbonyl (C=O) groups is 3. The molecule has 0 aromatic carbocycles. The minimum Gasteiger partial charge on any atom is -0.544 e. The van der Waals surface area contributed by atoms with Crippen molar-refractivity contribution in [3.05, 3.63) is 12.2 Å². The van der Waals surface area contributed by atoms with Gasteiger partial charge in [-0.05, 0) is 38.5 Å². The molecule has 0 aromatic heterocycles. The lowest BCUT2D eigenvalue weighted by atomic mass is 10.0. The molecule has 37 heavy (non-hydrogen) atoms. The average molecular weight is 526 g/mol. The van der Waals surface area contributed by atoms with Crippen molar-refractivity contribution in [2.24, 2.45) is 0 Å². The van der Waals surface area contributed by atoms with Crippen LogP contribution in [0.3, 0.4) is 0 Å². The molecule has 0 aliphatic rings. The Kier molecular flexibility index (Phi) is 23.2. The molecule has 0 aliphatic carbocycles. The first kappa shape index (κ1) is 35.1. The molecule has 0 radical (unpaired) electrons. The molecule has 0 amide bonds. The molecule has 0 atom stereocenters. The average Bonchev–Trinajstić information content (AvgIpc) is 2.81. The zero-order chi connectivity index (χ0) is 27.6. The number of carbonyl (C=O) groups excluding carboxylic acids is 1. The summed E-state index contributed by atoms with van der Waals surface area (Å²) >= 11 is 0. The number of carboxylic acid groups (broad SMARTS) is 3. The van der Waals surface area contributed by atoms with Crippen molar-refractivity contribution in [1.82, 2.24) is 0 Å². The minimum atomic E-state index is -1.42. The largest absolute Gasteiger partial charge is 0.544 e. The molecule has 0 bridgehead atoms. The fraction of sp³-hybridized carbons (Fsp3) is 0.833. The Morgan fingerprint density at radius 1 is 0.568 bits per heavy atom. The number of unbranched alkanes of at least 4 members (excludes halogenated alkanes) is 18. The quantitative estimate of drug-likeness (QED) is 0.0724. The molecule has 216 valence electrons. The van der Waals surface area contributed by atoms with Crippen LogP contribution in [0, 0.1) is 0 Å². The summed E-state index contributed by atoms with van der Waals surface area (Å²) in [5.74, 6) is -3.81. The second-order valence-electron chi connectivity index (χ2n) is 10.8. The predicted molar refractivity (Wildman–Crippen MR) is 147 cm³/mol. The summed E-state index contributed by atoms with van der Waals surface area (Å²) in [6.07, 6.45) is 29.2. The van der Waals surface area contributed by atoms with E-state index in [-0.39, 0.29) is 6.54 Å². The van der Waals surface area contributed by atoms with Gasteiger partial charge in [0, 0.05) is 0 Å². The lowest BCUT2D eigenvalue weighted by Crippen LogP contribution is -2.59. The Morgan fingerprint density at radius 3 is 1.27 bits per heavy atom. The fourth-order valence-corrected chi connectivity index (χ4v) is 5.01. The van der Waals surface area contributed by atoms with E-state index in [1.165, 1.54) is 103 Å². The third kappa shape index (κ3) is 24.2. The van der Waals surface area contributed by atoms with E-state index in [4.69, 9.17) is 10.2 Å². The Hall–Kier alpha value is -1.89. The third-order valence-corrected chi connectivity index (χ3v) is 7.05. The number of rotatable bonds is 28. The van der Waals surface area contributed by atoms with Crippen LogP contribution in [0.15, 0.2) is 12.2 Å². The van der Waals surface area contributed by atoms with E-state index in [2.05, 4.69) is 19.1 Å². The lowest BCUT2D eigenvalue weighted by Gasteiger charge is -2.36. The highest BCUT2D eigenvalue weighted by atomic mass is 16.4. The summed E-state index contributed by atoms with van der Waals surface area (Å²) in [6, 6.07) is 0. The smallest absolute Gasteiger partial charge is 0.359 e. The highest BCUT2D eigenvalue weighted by Gasteiger charge is 2.33. The molecule has 0 unspecified atom stereocenters. The topological polar surface area (TPSA) is 115 Å². The molecule has 0 saturated heterocycles. The molecular formula is C30H55NO6. The number of allylic oxidation sites excluding steroid dienone is 2. The van der Waals surface area contributed by atoms with E-state index in [1.807, 2.05) is 0 Å². The second-order valence-corrected chi connectivity index (χ2v) is 10.8. The molecule has 7 nitrogen and oxygen atoms in total. The zero-order valence-corrected chi connectivity index (χ0v) is 23.6. The first-order valence-electron chi connectivity index (χ1n) is 14.9. The maximum Gasteiger partial charge on any atom is 0.359 e. The number of hydrogen-bond acceptors (Lipinski definition) is 4. The molecular weight excluding hydrogens is 470 g/mol. The van der Waals surface area contributed by atoms with E-state index >= 15 is 0 Å². The molecule has 0 aromatic rings. The van der Waals surface area contributed by atoms with Crippen molar-refractivity contribution in [2.75, 3.05) is 26.2 Å². The first-order chi connectivity index (χ1) is 17.8. The van der Waals surface area contributed by atoms with Gasteiger partial charge >= 0.3 is 11.9 Å². The number of aliphatic carboxylic acids is 3. The second kappa shape index (κ2) is 24.4. The van der Waals surface area contributed by atoms with Gasteiger partial charge in [0.05, 0.1) is 12.5 Å². The summed E-state index contributed by atoms with van der Waals surface area (Å²) in [4.78, 5) is 33.4. The molecule has 0 heterocycles. The van der Waals surface area contributed by atoms with Gasteiger partial charge in [0.15, 0.2) is 13.1 Å². The number of nitrogens with zero attached hydrogens (tertiary/aromatic N) is 1. The van der Waals surface area contributed by atoms with Crippen LogP contribution in [-0.4, -0.2) is 58.8 Å². The van der Waals surface area contributed by atoms with Crippen molar-refractivity contribution in [2.45, 2.75) is 135 Å². The highest BCUT2D eigenvalue weighted by molar-refractivity contribution is 5.72. The van der Waals surface area contributed by atoms with Gasteiger partial charge in [0.1, 0.15) is 6.54 Å². The van der Waals surface area contributed by atoms with Gasteiger partial charge in [-0.3, -0.25) is 0 Å². The van der Waals surface area contributed by atoms with E-state index in [9.17, 15) is 19.5 Å². The van der Waals surface area contributed by atoms with Crippen molar-refractivity contribution < 1.29 is 34.2 Å². The Labute approximate surface area is 225 Å². The van der Waals surface area contributed by atoms with Crippen molar-refractivity contribution in [3.8, 4) is 0 Å². The number of quaternary nitrogens is 1. The maximum atomic E-state index is 11.2. The van der Waals surface area contributed by atoms with Gasteiger partial charge in [-0.25, -0.2) is 9.59 Å². The Morgan fingerprint density at radius 2 is 0.919 bits per heavy atom. The summed E-state index contributed by atoms with van der Waals surface area (Å²) in [5.41, 5.74) is 0. The van der Waals surface area contributed by atoms with E-state index < -0.39 is 42.0 Å². The van der Waals surface area contributed by atoms with Crippen LogP contribution in [0.4, 0.5) is 0 Å². The maximum absolute atomic E-state index is 11.2. The van der Waals surface area contributed by atoms with Crippen molar-refractivity contribution in [3.63, 3.8) is 0 Å². The van der Waals surface area contributed by atoms with E-state index in [0.29, 0.717) is 6.42 Å². The summed E-state index contributed by atoms with van der Waals surface area (Å²) < 4.78 is -0.497. The van der Waals surface area contributed by atoms with E-state index in [0.717, 1.165) is 19.3 Å². The van der Waals surface area contributed by atoms with Crippen LogP contribution in [0.2, 0.25) is 0 Å².